The second-order valence-corrected chi connectivity index (χ2v) is 4.40. The Balaban J connectivity index is 2.27. The third kappa shape index (κ3) is 2.43. The third-order valence-electron chi connectivity index (χ3n) is 2.07. The number of aryl methyl sites for hydroxylation is 1. The molecule has 0 saturated heterocycles. The maximum Gasteiger partial charge on any atom is 0.281 e. The smallest absolute Gasteiger partial charge is 0.281 e. The Morgan fingerprint density at radius 2 is 2.06 bits per heavy atom. The van der Waals surface area contributed by atoms with E-state index in [1.54, 1.807) is 13.8 Å². The second kappa shape index (κ2) is 4.67. The molecule has 1 aromatic heterocycles. The van der Waals surface area contributed by atoms with Crippen molar-refractivity contribution in [2.24, 2.45) is 0 Å². The molecule has 0 aliphatic heterocycles. The number of benzene rings is 1. The molecular formula is C11H12N2O2S. The van der Waals surface area contributed by atoms with Gasteiger partial charge < -0.3 is 9.52 Å². The fraction of sp³-hybridized carbons (Fsp3) is 0.273. The maximum atomic E-state index is 9.61. The van der Waals surface area contributed by atoms with Gasteiger partial charge in [-0.3, -0.25) is 0 Å². The van der Waals surface area contributed by atoms with Gasteiger partial charge in [-0.05, 0) is 30.3 Å². The summed E-state index contributed by atoms with van der Waals surface area (Å²) in [4.78, 5) is 0.932. The molecule has 1 aromatic carbocycles. The van der Waals surface area contributed by atoms with E-state index in [-0.39, 0.29) is 0 Å². The quantitative estimate of drug-likeness (QED) is 0.887. The zero-order valence-electron chi connectivity index (χ0n) is 9.04. The molecule has 5 heteroatoms. The van der Waals surface area contributed by atoms with Crippen molar-refractivity contribution in [2.75, 3.05) is 0 Å². The van der Waals surface area contributed by atoms with Gasteiger partial charge in [0.25, 0.3) is 5.22 Å². The van der Waals surface area contributed by atoms with Crippen molar-refractivity contribution in [1.82, 2.24) is 10.2 Å². The van der Waals surface area contributed by atoms with Crippen molar-refractivity contribution in [3.63, 3.8) is 0 Å². The van der Waals surface area contributed by atoms with Crippen LogP contribution in [0.5, 0.6) is 0 Å². The van der Waals surface area contributed by atoms with E-state index >= 15 is 0 Å². The number of aromatic nitrogens is 2. The van der Waals surface area contributed by atoms with Crippen molar-refractivity contribution < 1.29 is 9.52 Å². The lowest BCUT2D eigenvalue weighted by Gasteiger charge is -2.08. The fourth-order valence-electron chi connectivity index (χ4n) is 1.33. The normalized spacial score (nSPS) is 12.7. The first-order valence-corrected chi connectivity index (χ1v) is 5.73. The Hall–Kier alpha value is -1.33. The number of hydrogen-bond acceptors (Lipinski definition) is 5. The van der Waals surface area contributed by atoms with Gasteiger partial charge in [-0.1, -0.05) is 18.2 Å². The predicted molar refractivity (Wildman–Crippen MR) is 60.2 cm³/mol. The van der Waals surface area contributed by atoms with Gasteiger partial charge in [0.15, 0.2) is 0 Å². The van der Waals surface area contributed by atoms with Crippen LogP contribution in [-0.4, -0.2) is 15.3 Å². The lowest BCUT2D eigenvalue weighted by molar-refractivity contribution is 0.196. The number of aliphatic hydroxyl groups excluding tert-OH is 1. The molecule has 0 spiro atoms. The number of aliphatic hydroxyl groups is 1. The van der Waals surface area contributed by atoms with Crippen LogP contribution >= 0.6 is 11.8 Å². The first-order valence-electron chi connectivity index (χ1n) is 4.92. The molecule has 84 valence electrons. The third-order valence-corrected chi connectivity index (χ3v) is 3.01. The van der Waals surface area contributed by atoms with Crippen LogP contribution in [0.25, 0.3) is 0 Å². The molecule has 1 N–H and O–H groups in total. The second-order valence-electron chi connectivity index (χ2n) is 3.40. The molecule has 4 nitrogen and oxygen atoms in total. The molecule has 0 fully saturated rings. The molecule has 0 bridgehead atoms. The van der Waals surface area contributed by atoms with Crippen molar-refractivity contribution >= 4 is 11.8 Å². The summed E-state index contributed by atoms with van der Waals surface area (Å²) in [5, 5.41) is 17.8. The van der Waals surface area contributed by atoms with Gasteiger partial charge in [0.1, 0.15) is 0 Å². The van der Waals surface area contributed by atoms with Crippen molar-refractivity contribution in [2.45, 2.75) is 30.1 Å². The summed E-state index contributed by atoms with van der Waals surface area (Å²) in [6, 6.07) is 7.62. The van der Waals surface area contributed by atoms with E-state index in [1.807, 2.05) is 24.3 Å². The summed E-state index contributed by atoms with van der Waals surface area (Å²) < 4.78 is 5.28. The Morgan fingerprint density at radius 1 is 1.31 bits per heavy atom. The Bertz CT molecular complexity index is 482. The SMILES string of the molecule is Cc1nnc(Sc2ccccc2[C@@H](C)O)o1. The van der Waals surface area contributed by atoms with Crippen molar-refractivity contribution in [3.8, 4) is 0 Å². The van der Waals surface area contributed by atoms with Crippen LogP contribution in [0.4, 0.5) is 0 Å². The highest BCUT2D eigenvalue weighted by molar-refractivity contribution is 7.99. The van der Waals surface area contributed by atoms with Crippen LogP contribution in [0, 0.1) is 6.92 Å². The molecule has 0 unspecified atom stereocenters. The van der Waals surface area contributed by atoms with Crippen LogP contribution in [-0.2, 0) is 0 Å². The molecule has 0 saturated carbocycles. The molecule has 2 rings (SSSR count). The Morgan fingerprint density at radius 3 is 2.69 bits per heavy atom. The summed E-state index contributed by atoms with van der Waals surface area (Å²) in [6.07, 6.45) is -0.507. The van der Waals surface area contributed by atoms with E-state index in [0.29, 0.717) is 11.1 Å². The highest BCUT2D eigenvalue weighted by Crippen LogP contribution is 2.32. The van der Waals surface area contributed by atoms with Crippen molar-refractivity contribution in [3.05, 3.63) is 35.7 Å². The minimum Gasteiger partial charge on any atom is -0.416 e. The van der Waals surface area contributed by atoms with Gasteiger partial charge in [-0.15, -0.1) is 10.2 Å². The van der Waals surface area contributed by atoms with Gasteiger partial charge in [0.05, 0.1) is 6.10 Å². The molecule has 16 heavy (non-hydrogen) atoms. The minimum atomic E-state index is -0.507. The first-order chi connectivity index (χ1) is 7.66. The lowest BCUT2D eigenvalue weighted by Crippen LogP contribution is -1.93. The van der Waals surface area contributed by atoms with Crippen LogP contribution in [0.3, 0.4) is 0 Å². The predicted octanol–water partition coefficient (Wildman–Crippen LogP) is 2.58. The molecular weight excluding hydrogens is 224 g/mol. The van der Waals surface area contributed by atoms with Gasteiger partial charge in [0.2, 0.25) is 5.89 Å². The monoisotopic (exact) mass is 236 g/mol. The molecule has 1 atom stereocenters. The number of rotatable bonds is 3. The van der Waals surface area contributed by atoms with E-state index in [0.717, 1.165) is 10.5 Å². The Labute approximate surface area is 97.7 Å². The van der Waals surface area contributed by atoms with Gasteiger partial charge in [-0.2, -0.15) is 0 Å². The average Bonchev–Trinajstić information content (AvgIpc) is 2.64. The van der Waals surface area contributed by atoms with Crippen molar-refractivity contribution in [1.29, 1.82) is 0 Å². The highest BCUT2D eigenvalue weighted by atomic mass is 32.2. The van der Waals surface area contributed by atoms with Crippen LogP contribution in [0.15, 0.2) is 38.8 Å². The number of hydrogen-bond donors (Lipinski definition) is 1. The van der Waals surface area contributed by atoms with E-state index in [2.05, 4.69) is 10.2 Å². The van der Waals surface area contributed by atoms with E-state index in [4.69, 9.17) is 4.42 Å². The summed E-state index contributed by atoms with van der Waals surface area (Å²) in [7, 11) is 0. The standard InChI is InChI=1S/C11H12N2O2S/c1-7(14)9-5-3-4-6-10(9)16-11-13-12-8(2)15-11/h3-7,14H,1-2H3/t7-/m1/s1. The summed E-state index contributed by atoms with van der Waals surface area (Å²) in [5.74, 6) is 0.539. The maximum absolute atomic E-state index is 9.61. The molecule has 0 radical (unpaired) electrons. The van der Waals surface area contributed by atoms with Gasteiger partial charge in [0, 0.05) is 11.8 Å². The molecule has 2 aromatic rings. The largest absolute Gasteiger partial charge is 0.416 e. The molecule has 0 aliphatic carbocycles. The lowest BCUT2D eigenvalue weighted by atomic mass is 10.1. The van der Waals surface area contributed by atoms with E-state index < -0.39 is 6.10 Å². The molecule has 0 amide bonds. The summed E-state index contributed by atoms with van der Waals surface area (Å²) in [6.45, 7) is 3.48. The average molecular weight is 236 g/mol. The zero-order valence-corrected chi connectivity index (χ0v) is 9.86. The van der Waals surface area contributed by atoms with Gasteiger partial charge >= 0.3 is 0 Å². The first kappa shape index (κ1) is 11.2. The van der Waals surface area contributed by atoms with Crippen LogP contribution < -0.4 is 0 Å². The van der Waals surface area contributed by atoms with Crippen LogP contribution in [0.1, 0.15) is 24.5 Å². The van der Waals surface area contributed by atoms with E-state index in [9.17, 15) is 5.11 Å². The van der Waals surface area contributed by atoms with E-state index in [1.165, 1.54) is 11.8 Å². The molecule has 1 heterocycles. The zero-order chi connectivity index (χ0) is 11.5. The molecule has 0 aliphatic rings. The van der Waals surface area contributed by atoms with Gasteiger partial charge in [-0.25, -0.2) is 0 Å². The van der Waals surface area contributed by atoms with Crippen LogP contribution in [0.2, 0.25) is 0 Å². The number of nitrogens with zero attached hydrogens (tertiary/aromatic N) is 2. The Kier molecular flexibility index (Phi) is 3.26. The summed E-state index contributed by atoms with van der Waals surface area (Å²) in [5.41, 5.74) is 0.864. The fourth-order valence-corrected chi connectivity index (χ4v) is 2.27. The highest BCUT2D eigenvalue weighted by Gasteiger charge is 2.11. The topological polar surface area (TPSA) is 59.2 Å². The summed E-state index contributed by atoms with van der Waals surface area (Å²) >= 11 is 1.36. The minimum absolute atomic E-state index is 0.491.